The van der Waals surface area contributed by atoms with E-state index in [0.29, 0.717) is 5.02 Å². The van der Waals surface area contributed by atoms with Crippen molar-refractivity contribution in [2.24, 2.45) is 12.0 Å². The lowest BCUT2D eigenvalue weighted by Crippen LogP contribution is -2.05. The summed E-state index contributed by atoms with van der Waals surface area (Å²) >= 11 is 5.93. The maximum absolute atomic E-state index is 5.93. The van der Waals surface area contributed by atoms with Crippen molar-refractivity contribution < 1.29 is 0 Å². The summed E-state index contributed by atoms with van der Waals surface area (Å²) in [7, 11) is 1.86. The molecule has 0 atom stereocenters. The van der Waals surface area contributed by atoms with Gasteiger partial charge in [-0.05, 0) is 0 Å². The van der Waals surface area contributed by atoms with Gasteiger partial charge in [-0.2, -0.15) is 5.10 Å². The number of nitrogens with zero attached hydrogens (tertiary/aromatic N) is 3. The van der Waals surface area contributed by atoms with E-state index in [9.17, 15) is 0 Å². The molecule has 12 heavy (non-hydrogen) atoms. The molecule has 2 rings (SSSR count). The standard InChI is InChI=1S/C8H8ClN3/c1-12-8(6(9)5-11-12)7-3-2-4-10-7/h2,4-5H,3H2,1H3. The molecule has 0 amide bonds. The van der Waals surface area contributed by atoms with Gasteiger partial charge < -0.3 is 0 Å². The van der Waals surface area contributed by atoms with Crippen LogP contribution in [0, 0.1) is 0 Å². The van der Waals surface area contributed by atoms with E-state index in [0.717, 1.165) is 17.8 Å². The lowest BCUT2D eigenvalue weighted by atomic mass is 10.2. The Morgan fingerprint density at radius 3 is 2.92 bits per heavy atom. The predicted molar refractivity (Wildman–Crippen MR) is 48.5 cm³/mol. The summed E-state index contributed by atoms with van der Waals surface area (Å²) in [5, 5.41) is 4.70. The molecule has 1 aromatic rings. The molecule has 0 aromatic carbocycles. The number of hydrogen-bond acceptors (Lipinski definition) is 2. The SMILES string of the molecule is Cn1ncc(Cl)c1C1=NC=CC1. The Morgan fingerprint density at radius 2 is 2.42 bits per heavy atom. The third-order valence-electron chi connectivity index (χ3n) is 1.81. The van der Waals surface area contributed by atoms with E-state index in [1.807, 2.05) is 13.1 Å². The van der Waals surface area contributed by atoms with Crippen LogP contribution in [-0.4, -0.2) is 15.5 Å². The second-order valence-corrected chi connectivity index (χ2v) is 3.04. The number of halogens is 1. The molecule has 0 unspecified atom stereocenters. The first-order valence-corrected chi connectivity index (χ1v) is 4.06. The second kappa shape index (κ2) is 2.75. The predicted octanol–water partition coefficient (Wildman–Crippen LogP) is 1.78. The van der Waals surface area contributed by atoms with Crippen molar-refractivity contribution in [1.82, 2.24) is 9.78 Å². The maximum Gasteiger partial charge on any atom is 0.101 e. The second-order valence-electron chi connectivity index (χ2n) is 2.63. The molecule has 0 N–H and O–H groups in total. The van der Waals surface area contributed by atoms with Crippen molar-refractivity contribution in [3.63, 3.8) is 0 Å². The Morgan fingerprint density at radius 1 is 1.58 bits per heavy atom. The van der Waals surface area contributed by atoms with E-state index in [2.05, 4.69) is 10.1 Å². The fourth-order valence-corrected chi connectivity index (χ4v) is 1.53. The minimum atomic E-state index is 0.667. The third kappa shape index (κ3) is 1.06. The molecule has 2 heterocycles. The zero-order valence-corrected chi connectivity index (χ0v) is 7.41. The van der Waals surface area contributed by atoms with Crippen LogP contribution in [0.1, 0.15) is 12.1 Å². The average molecular weight is 182 g/mol. The molecule has 0 aliphatic carbocycles. The van der Waals surface area contributed by atoms with Gasteiger partial charge in [0.05, 0.1) is 16.9 Å². The number of aliphatic imine (C=N–C) groups is 1. The first kappa shape index (κ1) is 7.55. The molecule has 62 valence electrons. The van der Waals surface area contributed by atoms with Gasteiger partial charge in [-0.3, -0.25) is 9.67 Å². The molecule has 0 fully saturated rings. The number of rotatable bonds is 1. The van der Waals surface area contributed by atoms with Crippen LogP contribution in [0.5, 0.6) is 0 Å². The Labute approximate surface area is 75.4 Å². The van der Waals surface area contributed by atoms with Crippen molar-refractivity contribution in [2.45, 2.75) is 6.42 Å². The summed E-state index contributed by atoms with van der Waals surface area (Å²) in [6.45, 7) is 0. The van der Waals surface area contributed by atoms with Crippen LogP contribution in [-0.2, 0) is 7.05 Å². The van der Waals surface area contributed by atoms with Gasteiger partial charge in [-0.1, -0.05) is 17.7 Å². The van der Waals surface area contributed by atoms with Gasteiger partial charge in [0.2, 0.25) is 0 Å². The largest absolute Gasteiger partial charge is 0.265 e. The van der Waals surface area contributed by atoms with Gasteiger partial charge in [0.25, 0.3) is 0 Å². The summed E-state index contributed by atoms with van der Waals surface area (Å²) in [5.74, 6) is 0. The van der Waals surface area contributed by atoms with Crippen LogP contribution in [0.15, 0.2) is 23.5 Å². The summed E-state index contributed by atoms with van der Waals surface area (Å²) in [6.07, 6.45) is 6.27. The molecular formula is C8H8ClN3. The van der Waals surface area contributed by atoms with Gasteiger partial charge >= 0.3 is 0 Å². The van der Waals surface area contributed by atoms with Gasteiger partial charge in [-0.25, -0.2) is 0 Å². The van der Waals surface area contributed by atoms with Gasteiger partial charge in [0.15, 0.2) is 0 Å². The van der Waals surface area contributed by atoms with E-state index >= 15 is 0 Å². The smallest absolute Gasteiger partial charge is 0.101 e. The maximum atomic E-state index is 5.93. The van der Waals surface area contributed by atoms with E-state index < -0.39 is 0 Å². The minimum Gasteiger partial charge on any atom is -0.265 e. The van der Waals surface area contributed by atoms with E-state index in [-0.39, 0.29) is 0 Å². The Bertz CT molecular complexity index is 343. The van der Waals surface area contributed by atoms with Gasteiger partial charge in [0.1, 0.15) is 5.69 Å². The highest BCUT2D eigenvalue weighted by Gasteiger charge is 2.13. The average Bonchev–Trinajstić information content (AvgIpc) is 2.61. The summed E-state index contributed by atoms with van der Waals surface area (Å²) in [5.41, 5.74) is 1.90. The first-order valence-electron chi connectivity index (χ1n) is 3.68. The van der Waals surface area contributed by atoms with Crippen LogP contribution in [0.2, 0.25) is 5.02 Å². The van der Waals surface area contributed by atoms with E-state index in [1.54, 1.807) is 17.1 Å². The molecule has 1 aromatic heterocycles. The highest BCUT2D eigenvalue weighted by atomic mass is 35.5. The fraction of sp³-hybridized carbons (Fsp3) is 0.250. The molecule has 0 spiro atoms. The van der Waals surface area contributed by atoms with Crippen molar-refractivity contribution in [2.75, 3.05) is 0 Å². The number of aromatic nitrogens is 2. The van der Waals surface area contributed by atoms with Gasteiger partial charge in [0, 0.05) is 19.7 Å². The van der Waals surface area contributed by atoms with Crippen molar-refractivity contribution in [3.05, 3.63) is 29.2 Å². The molecule has 0 saturated carbocycles. The van der Waals surface area contributed by atoms with Crippen molar-refractivity contribution >= 4 is 17.3 Å². The minimum absolute atomic E-state index is 0.667. The third-order valence-corrected chi connectivity index (χ3v) is 2.09. The number of hydrogen-bond donors (Lipinski definition) is 0. The first-order chi connectivity index (χ1) is 5.79. The highest BCUT2D eigenvalue weighted by molar-refractivity contribution is 6.34. The quantitative estimate of drug-likeness (QED) is 0.650. The zero-order chi connectivity index (χ0) is 8.55. The Kier molecular flexibility index (Phi) is 1.73. The van der Waals surface area contributed by atoms with Crippen LogP contribution in [0.25, 0.3) is 0 Å². The highest BCUT2D eigenvalue weighted by Crippen LogP contribution is 2.18. The lowest BCUT2D eigenvalue weighted by molar-refractivity contribution is 0.759. The normalized spacial score (nSPS) is 15.3. The molecule has 1 aliphatic rings. The molecule has 0 radical (unpaired) electrons. The molecular weight excluding hydrogens is 174 g/mol. The molecule has 0 bridgehead atoms. The Hall–Kier alpha value is -1.09. The fourth-order valence-electron chi connectivity index (χ4n) is 1.25. The molecule has 1 aliphatic heterocycles. The summed E-state index contributed by atoms with van der Waals surface area (Å²) < 4.78 is 1.74. The van der Waals surface area contributed by atoms with Crippen molar-refractivity contribution in [1.29, 1.82) is 0 Å². The molecule has 3 nitrogen and oxygen atoms in total. The number of allylic oxidation sites excluding steroid dienone is 1. The van der Waals surface area contributed by atoms with Crippen LogP contribution in [0.4, 0.5) is 0 Å². The van der Waals surface area contributed by atoms with E-state index in [1.165, 1.54) is 0 Å². The summed E-state index contributed by atoms with van der Waals surface area (Å²) in [6, 6.07) is 0. The topological polar surface area (TPSA) is 30.2 Å². The summed E-state index contributed by atoms with van der Waals surface area (Å²) in [4.78, 5) is 4.19. The monoisotopic (exact) mass is 181 g/mol. The molecule has 4 heteroatoms. The zero-order valence-electron chi connectivity index (χ0n) is 6.66. The van der Waals surface area contributed by atoms with Crippen molar-refractivity contribution in [3.8, 4) is 0 Å². The lowest BCUT2D eigenvalue weighted by Gasteiger charge is -2.00. The van der Waals surface area contributed by atoms with Crippen LogP contribution >= 0.6 is 11.6 Å². The van der Waals surface area contributed by atoms with E-state index in [4.69, 9.17) is 11.6 Å². The number of aryl methyl sites for hydroxylation is 1. The molecule has 0 saturated heterocycles. The van der Waals surface area contributed by atoms with Gasteiger partial charge in [-0.15, -0.1) is 0 Å². The van der Waals surface area contributed by atoms with Crippen LogP contribution < -0.4 is 0 Å². The van der Waals surface area contributed by atoms with Crippen LogP contribution in [0.3, 0.4) is 0 Å². The Balaban J connectivity index is 2.45.